The number of hydrogen-bond acceptors (Lipinski definition) is 6. The SMILES string of the molecule is CC(C)C(=O)N1CCN(c2ccc(NC(=O)c3sc4c([N+](=O)[O-])cccc4c3Cl)cc2)CC1. The number of fused-ring (bicyclic) bond motifs is 1. The Bertz CT molecular complexity index is 1220. The van der Waals surface area contributed by atoms with E-state index in [-0.39, 0.29) is 27.4 Å². The predicted octanol–water partition coefficient (Wildman–Crippen LogP) is 5.02. The van der Waals surface area contributed by atoms with Gasteiger partial charge in [-0.3, -0.25) is 19.7 Å². The second-order valence-electron chi connectivity index (χ2n) is 8.12. The van der Waals surface area contributed by atoms with Gasteiger partial charge in [0.15, 0.2) is 0 Å². The second kappa shape index (κ2) is 9.36. The molecule has 10 heteroatoms. The van der Waals surface area contributed by atoms with Crippen molar-refractivity contribution in [2.45, 2.75) is 13.8 Å². The van der Waals surface area contributed by atoms with Crippen LogP contribution in [0, 0.1) is 16.0 Å². The molecule has 0 unspecified atom stereocenters. The van der Waals surface area contributed by atoms with Gasteiger partial charge in [-0.25, -0.2) is 0 Å². The van der Waals surface area contributed by atoms with Crippen molar-refractivity contribution >= 4 is 61.9 Å². The summed E-state index contributed by atoms with van der Waals surface area (Å²) in [5.41, 5.74) is 1.54. The van der Waals surface area contributed by atoms with E-state index in [1.165, 1.54) is 6.07 Å². The number of hydrogen-bond donors (Lipinski definition) is 1. The molecule has 4 rings (SSSR count). The standard InChI is InChI=1S/C23H23ClN4O4S/c1-14(2)23(30)27-12-10-26(11-13-27)16-8-6-15(7-9-16)25-22(29)21-19(24)17-4-3-5-18(28(31)32)20(17)33-21/h3-9,14H,10-13H2,1-2H3,(H,25,29). The molecule has 0 saturated carbocycles. The van der Waals surface area contributed by atoms with Crippen LogP contribution in [0.15, 0.2) is 42.5 Å². The van der Waals surface area contributed by atoms with Crippen LogP contribution < -0.4 is 10.2 Å². The summed E-state index contributed by atoms with van der Waals surface area (Å²) in [6.07, 6.45) is 0. The van der Waals surface area contributed by atoms with Crippen LogP contribution in [0.3, 0.4) is 0 Å². The molecule has 2 amide bonds. The lowest BCUT2D eigenvalue weighted by molar-refractivity contribution is -0.382. The van der Waals surface area contributed by atoms with Gasteiger partial charge in [-0.2, -0.15) is 0 Å². The summed E-state index contributed by atoms with van der Waals surface area (Å²) < 4.78 is 0.378. The third-order valence-electron chi connectivity index (χ3n) is 5.61. The molecule has 3 aromatic rings. The summed E-state index contributed by atoms with van der Waals surface area (Å²) in [7, 11) is 0. The van der Waals surface area contributed by atoms with E-state index in [2.05, 4.69) is 10.2 Å². The van der Waals surface area contributed by atoms with E-state index >= 15 is 0 Å². The Morgan fingerprint density at radius 1 is 1.09 bits per heavy atom. The number of nitrogens with zero attached hydrogens (tertiary/aromatic N) is 3. The lowest BCUT2D eigenvalue weighted by atomic mass is 10.1. The molecule has 1 saturated heterocycles. The Labute approximate surface area is 199 Å². The molecular formula is C23H23ClN4O4S. The van der Waals surface area contributed by atoms with E-state index in [1.807, 2.05) is 43.0 Å². The normalized spacial score (nSPS) is 14.1. The molecule has 2 heterocycles. The molecule has 0 radical (unpaired) electrons. The number of non-ortho nitro benzene ring substituents is 1. The van der Waals surface area contributed by atoms with Crippen LogP contribution in [-0.2, 0) is 4.79 Å². The van der Waals surface area contributed by atoms with Gasteiger partial charge >= 0.3 is 0 Å². The van der Waals surface area contributed by atoms with Gasteiger partial charge in [-0.1, -0.05) is 37.6 Å². The van der Waals surface area contributed by atoms with Crippen molar-refractivity contribution in [3.8, 4) is 0 Å². The van der Waals surface area contributed by atoms with E-state index in [1.54, 1.807) is 12.1 Å². The number of halogens is 1. The van der Waals surface area contributed by atoms with E-state index in [0.29, 0.717) is 28.9 Å². The number of carbonyl (C=O) groups excluding carboxylic acids is 2. The van der Waals surface area contributed by atoms with E-state index in [9.17, 15) is 19.7 Å². The molecule has 8 nitrogen and oxygen atoms in total. The zero-order valence-corrected chi connectivity index (χ0v) is 19.8. The largest absolute Gasteiger partial charge is 0.368 e. The monoisotopic (exact) mass is 486 g/mol. The summed E-state index contributed by atoms with van der Waals surface area (Å²) in [6, 6.07) is 12.1. The van der Waals surface area contributed by atoms with Gasteiger partial charge in [-0.05, 0) is 24.3 Å². The number of rotatable bonds is 5. The number of nitro groups is 1. The predicted molar refractivity (Wildman–Crippen MR) is 132 cm³/mol. The summed E-state index contributed by atoms with van der Waals surface area (Å²) in [4.78, 5) is 40.1. The molecule has 0 spiro atoms. The van der Waals surface area contributed by atoms with Crippen LogP contribution in [-0.4, -0.2) is 47.8 Å². The highest BCUT2D eigenvalue weighted by molar-refractivity contribution is 7.22. The fourth-order valence-corrected chi connectivity index (χ4v) is 5.35. The fourth-order valence-electron chi connectivity index (χ4n) is 3.86. The minimum atomic E-state index is -0.478. The molecule has 0 bridgehead atoms. The van der Waals surface area contributed by atoms with Crippen LogP contribution in [0.5, 0.6) is 0 Å². The molecule has 2 aromatic carbocycles. The molecule has 0 aliphatic carbocycles. The van der Waals surface area contributed by atoms with Crippen LogP contribution in [0.1, 0.15) is 23.5 Å². The first kappa shape index (κ1) is 23.0. The third-order valence-corrected chi connectivity index (χ3v) is 7.34. The van der Waals surface area contributed by atoms with Crippen LogP contribution in [0.2, 0.25) is 5.02 Å². The zero-order valence-electron chi connectivity index (χ0n) is 18.2. The topological polar surface area (TPSA) is 95.8 Å². The number of anilines is 2. The first-order valence-electron chi connectivity index (χ1n) is 10.6. The lowest BCUT2D eigenvalue weighted by Crippen LogP contribution is -2.49. The van der Waals surface area contributed by atoms with Crippen molar-refractivity contribution in [3.05, 3.63) is 62.5 Å². The van der Waals surface area contributed by atoms with Crippen molar-refractivity contribution in [1.82, 2.24) is 4.90 Å². The van der Waals surface area contributed by atoms with E-state index < -0.39 is 10.8 Å². The first-order chi connectivity index (χ1) is 15.8. The van der Waals surface area contributed by atoms with Gasteiger partial charge in [0, 0.05) is 54.9 Å². The highest BCUT2D eigenvalue weighted by atomic mass is 35.5. The molecular weight excluding hydrogens is 464 g/mol. The molecule has 1 aromatic heterocycles. The Kier molecular flexibility index (Phi) is 6.53. The van der Waals surface area contributed by atoms with Crippen molar-refractivity contribution < 1.29 is 14.5 Å². The molecule has 1 N–H and O–H groups in total. The number of amides is 2. The summed E-state index contributed by atoms with van der Waals surface area (Å²) in [6.45, 7) is 6.70. The number of nitro benzene ring substituents is 1. The summed E-state index contributed by atoms with van der Waals surface area (Å²) in [5, 5.41) is 14.8. The molecule has 1 fully saturated rings. The first-order valence-corrected chi connectivity index (χ1v) is 11.8. The Hall–Kier alpha value is -3.17. The van der Waals surface area contributed by atoms with Gasteiger partial charge < -0.3 is 15.1 Å². The van der Waals surface area contributed by atoms with Crippen molar-refractivity contribution in [3.63, 3.8) is 0 Å². The summed E-state index contributed by atoms with van der Waals surface area (Å²) >= 11 is 7.38. The molecule has 1 aliphatic heterocycles. The van der Waals surface area contributed by atoms with Crippen LogP contribution in [0.4, 0.5) is 17.1 Å². The number of carbonyl (C=O) groups is 2. The van der Waals surface area contributed by atoms with Gasteiger partial charge in [0.1, 0.15) is 9.58 Å². The zero-order chi connectivity index (χ0) is 23.7. The molecule has 0 atom stereocenters. The molecule has 1 aliphatic rings. The van der Waals surface area contributed by atoms with Crippen molar-refractivity contribution in [2.24, 2.45) is 5.92 Å². The van der Waals surface area contributed by atoms with E-state index in [0.717, 1.165) is 30.1 Å². The van der Waals surface area contributed by atoms with Gasteiger partial charge in [0.25, 0.3) is 11.6 Å². The maximum absolute atomic E-state index is 12.8. The Morgan fingerprint density at radius 2 is 1.76 bits per heavy atom. The van der Waals surface area contributed by atoms with Crippen molar-refractivity contribution in [1.29, 1.82) is 0 Å². The maximum atomic E-state index is 12.8. The molecule has 172 valence electrons. The average Bonchev–Trinajstić information content (AvgIpc) is 3.15. The summed E-state index contributed by atoms with van der Waals surface area (Å²) in [5.74, 6) is -0.234. The van der Waals surface area contributed by atoms with Gasteiger partial charge in [0.2, 0.25) is 5.91 Å². The highest BCUT2D eigenvalue weighted by Gasteiger charge is 2.24. The number of nitrogens with one attached hydrogen (secondary N) is 1. The third kappa shape index (κ3) is 4.65. The fraction of sp³-hybridized carbons (Fsp3) is 0.304. The molecule has 33 heavy (non-hydrogen) atoms. The van der Waals surface area contributed by atoms with Crippen molar-refractivity contribution in [2.75, 3.05) is 36.4 Å². The Balaban J connectivity index is 1.44. The van der Waals surface area contributed by atoms with Crippen LogP contribution >= 0.6 is 22.9 Å². The van der Waals surface area contributed by atoms with Crippen LogP contribution in [0.25, 0.3) is 10.1 Å². The Morgan fingerprint density at radius 3 is 2.36 bits per heavy atom. The number of thiophene rings is 1. The quantitative estimate of drug-likeness (QED) is 0.403. The minimum Gasteiger partial charge on any atom is -0.368 e. The second-order valence-corrected chi connectivity index (χ2v) is 9.52. The van der Waals surface area contributed by atoms with E-state index in [4.69, 9.17) is 11.6 Å². The lowest BCUT2D eigenvalue weighted by Gasteiger charge is -2.37. The smallest absolute Gasteiger partial charge is 0.287 e. The average molecular weight is 487 g/mol. The minimum absolute atomic E-state index is 0.0000214. The maximum Gasteiger partial charge on any atom is 0.287 e. The van der Waals surface area contributed by atoms with Gasteiger partial charge in [-0.15, -0.1) is 11.3 Å². The van der Waals surface area contributed by atoms with Gasteiger partial charge in [0.05, 0.1) is 9.95 Å². The highest BCUT2D eigenvalue weighted by Crippen LogP contribution is 2.40. The number of piperazine rings is 1. The number of benzene rings is 2.